The molecule has 17 heavy (non-hydrogen) atoms. The zero-order valence-corrected chi connectivity index (χ0v) is 10.1. The number of hydrogen-bond donors (Lipinski definition) is 0. The molecule has 1 aromatic rings. The van der Waals surface area contributed by atoms with Crippen LogP contribution in [0.1, 0.15) is 11.3 Å². The Morgan fingerprint density at radius 1 is 1.47 bits per heavy atom. The van der Waals surface area contributed by atoms with Gasteiger partial charge in [-0.2, -0.15) is 9.36 Å². The van der Waals surface area contributed by atoms with E-state index in [1.165, 1.54) is 0 Å². The Labute approximate surface area is 101 Å². The molecule has 4 nitrogen and oxygen atoms in total. The summed E-state index contributed by atoms with van der Waals surface area (Å²) in [6.07, 6.45) is 3.56. The largest absolute Gasteiger partial charge is 0.498 e. The number of aryl methyl sites for hydroxylation is 1. The molecule has 0 N–H and O–H groups in total. The van der Waals surface area contributed by atoms with Gasteiger partial charge in [0, 0.05) is 5.56 Å². The van der Waals surface area contributed by atoms with Crippen molar-refractivity contribution in [1.82, 2.24) is 4.90 Å². The van der Waals surface area contributed by atoms with Gasteiger partial charge in [0.1, 0.15) is 25.0 Å². The lowest BCUT2D eigenvalue weighted by Crippen LogP contribution is -2.56. The van der Waals surface area contributed by atoms with E-state index in [-0.39, 0.29) is 6.03 Å². The summed E-state index contributed by atoms with van der Waals surface area (Å²) >= 11 is 0. The Kier molecular flexibility index (Phi) is 3.54. The van der Waals surface area contributed by atoms with Crippen molar-refractivity contribution in [3.05, 3.63) is 36.2 Å². The van der Waals surface area contributed by atoms with Crippen LogP contribution in [0.15, 0.2) is 24.9 Å². The smallest absolute Gasteiger partial charge is 0.373 e. The number of aromatic nitrogens is 1. The van der Waals surface area contributed by atoms with Crippen molar-refractivity contribution in [2.75, 3.05) is 26.3 Å². The Hall–Kier alpha value is -1.68. The molecule has 4 heteroatoms. The molecule has 1 aromatic heterocycles. The number of pyridine rings is 1. The van der Waals surface area contributed by atoms with Gasteiger partial charge < -0.3 is 4.74 Å². The van der Waals surface area contributed by atoms with E-state index in [9.17, 15) is 4.79 Å². The van der Waals surface area contributed by atoms with Crippen molar-refractivity contribution in [1.29, 1.82) is 0 Å². The summed E-state index contributed by atoms with van der Waals surface area (Å²) in [5.74, 6) is 0. The molecule has 0 saturated carbocycles. The minimum atomic E-state index is 0.00880. The SMILES string of the molecule is C=Cc1ccc(C)[n+](C(=O)N2CCOCC2)c1. The molecule has 2 heterocycles. The number of nitrogens with zero attached hydrogens (tertiary/aromatic N) is 2. The number of rotatable bonds is 1. The number of hydrogen-bond acceptors (Lipinski definition) is 2. The van der Waals surface area contributed by atoms with Crippen molar-refractivity contribution < 1.29 is 14.1 Å². The van der Waals surface area contributed by atoms with Crippen LogP contribution in [0.25, 0.3) is 6.08 Å². The van der Waals surface area contributed by atoms with E-state index in [0.717, 1.165) is 11.3 Å². The van der Waals surface area contributed by atoms with E-state index in [4.69, 9.17) is 4.74 Å². The third kappa shape index (κ3) is 2.53. The van der Waals surface area contributed by atoms with Crippen LogP contribution >= 0.6 is 0 Å². The highest BCUT2D eigenvalue weighted by Crippen LogP contribution is 2.02. The molecule has 1 saturated heterocycles. The van der Waals surface area contributed by atoms with Crippen molar-refractivity contribution in [3.63, 3.8) is 0 Å². The molecule has 90 valence electrons. The van der Waals surface area contributed by atoms with Gasteiger partial charge in [0.2, 0.25) is 0 Å². The van der Waals surface area contributed by atoms with Gasteiger partial charge in [-0.05, 0) is 19.1 Å². The summed E-state index contributed by atoms with van der Waals surface area (Å²) in [5.41, 5.74) is 1.87. The Morgan fingerprint density at radius 2 is 2.18 bits per heavy atom. The number of ether oxygens (including phenoxy) is 1. The first-order valence-electron chi connectivity index (χ1n) is 5.74. The highest BCUT2D eigenvalue weighted by molar-refractivity contribution is 5.65. The van der Waals surface area contributed by atoms with Crippen LogP contribution in [0.3, 0.4) is 0 Å². The van der Waals surface area contributed by atoms with Crippen molar-refractivity contribution in [3.8, 4) is 0 Å². The summed E-state index contributed by atoms with van der Waals surface area (Å²) in [4.78, 5) is 14.1. The van der Waals surface area contributed by atoms with Crippen LogP contribution in [0, 0.1) is 6.92 Å². The van der Waals surface area contributed by atoms with Gasteiger partial charge in [-0.25, -0.2) is 4.90 Å². The molecule has 0 atom stereocenters. The number of morpholine rings is 1. The molecule has 1 aliphatic heterocycles. The second-order valence-corrected chi connectivity index (χ2v) is 4.06. The van der Waals surface area contributed by atoms with Crippen molar-refractivity contribution >= 4 is 12.1 Å². The Bertz CT molecular complexity index is 437. The predicted octanol–water partition coefficient (Wildman–Crippen LogP) is 1.23. The fraction of sp³-hybridized carbons (Fsp3) is 0.385. The van der Waals surface area contributed by atoms with Crippen LogP contribution in [-0.2, 0) is 4.74 Å². The van der Waals surface area contributed by atoms with E-state index >= 15 is 0 Å². The molecular weight excluding hydrogens is 216 g/mol. The number of carbonyl (C=O) groups excluding carboxylic acids is 1. The van der Waals surface area contributed by atoms with E-state index in [0.29, 0.717) is 26.3 Å². The van der Waals surface area contributed by atoms with E-state index in [1.54, 1.807) is 10.6 Å². The zero-order chi connectivity index (χ0) is 12.3. The van der Waals surface area contributed by atoms with Gasteiger partial charge in [0.25, 0.3) is 0 Å². The molecule has 0 unspecified atom stereocenters. The first-order valence-corrected chi connectivity index (χ1v) is 5.74. The fourth-order valence-corrected chi connectivity index (χ4v) is 1.82. The van der Waals surface area contributed by atoms with Crippen LogP contribution in [0.2, 0.25) is 0 Å². The maximum Gasteiger partial charge on any atom is 0.498 e. The standard InChI is InChI=1S/C13H17N2O2/c1-3-12-5-4-11(2)15(10-12)13(16)14-6-8-17-9-7-14/h3-5,10H,1,6-9H2,2H3/q+1. The Morgan fingerprint density at radius 3 is 2.82 bits per heavy atom. The van der Waals surface area contributed by atoms with Crippen LogP contribution < -0.4 is 4.57 Å². The highest BCUT2D eigenvalue weighted by Gasteiger charge is 2.27. The van der Waals surface area contributed by atoms with Gasteiger partial charge in [0.05, 0.1) is 13.2 Å². The molecule has 1 amide bonds. The molecule has 0 spiro atoms. The third-order valence-electron chi connectivity index (χ3n) is 2.90. The van der Waals surface area contributed by atoms with Gasteiger partial charge in [-0.1, -0.05) is 12.7 Å². The highest BCUT2D eigenvalue weighted by atomic mass is 16.5. The molecule has 0 radical (unpaired) electrons. The zero-order valence-electron chi connectivity index (χ0n) is 10.1. The maximum atomic E-state index is 12.3. The second kappa shape index (κ2) is 5.10. The van der Waals surface area contributed by atoms with Gasteiger partial charge >= 0.3 is 6.03 Å². The topological polar surface area (TPSA) is 33.4 Å². The van der Waals surface area contributed by atoms with Crippen LogP contribution in [0.4, 0.5) is 4.79 Å². The van der Waals surface area contributed by atoms with Gasteiger partial charge in [0.15, 0.2) is 0 Å². The lowest BCUT2D eigenvalue weighted by molar-refractivity contribution is -0.585. The fourth-order valence-electron chi connectivity index (χ4n) is 1.82. The molecule has 0 aromatic carbocycles. The minimum Gasteiger partial charge on any atom is -0.373 e. The number of carbonyl (C=O) groups is 1. The third-order valence-corrected chi connectivity index (χ3v) is 2.90. The molecular formula is C13H17N2O2+. The quantitative estimate of drug-likeness (QED) is 0.683. The molecule has 1 fully saturated rings. The minimum absolute atomic E-state index is 0.00880. The molecule has 2 rings (SSSR count). The first kappa shape index (κ1) is 11.8. The Balaban J connectivity index is 2.25. The van der Waals surface area contributed by atoms with Crippen LogP contribution in [-0.4, -0.2) is 37.2 Å². The first-order chi connectivity index (χ1) is 8.22. The van der Waals surface area contributed by atoms with E-state index in [1.807, 2.05) is 30.2 Å². The monoisotopic (exact) mass is 233 g/mol. The number of amides is 1. The van der Waals surface area contributed by atoms with Crippen LogP contribution in [0.5, 0.6) is 0 Å². The van der Waals surface area contributed by atoms with E-state index in [2.05, 4.69) is 6.58 Å². The van der Waals surface area contributed by atoms with E-state index < -0.39 is 0 Å². The second-order valence-electron chi connectivity index (χ2n) is 4.06. The molecule has 0 bridgehead atoms. The molecule has 1 aliphatic rings. The molecule has 0 aliphatic carbocycles. The summed E-state index contributed by atoms with van der Waals surface area (Å²) in [7, 11) is 0. The van der Waals surface area contributed by atoms with Gasteiger partial charge in [-0.15, -0.1) is 0 Å². The summed E-state index contributed by atoms with van der Waals surface area (Å²) in [5, 5.41) is 0. The predicted molar refractivity (Wildman–Crippen MR) is 64.7 cm³/mol. The van der Waals surface area contributed by atoms with Crippen molar-refractivity contribution in [2.45, 2.75) is 6.92 Å². The summed E-state index contributed by atoms with van der Waals surface area (Å²) < 4.78 is 6.91. The lowest BCUT2D eigenvalue weighted by Gasteiger charge is -2.20. The average Bonchev–Trinajstić information content (AvgIpc) is 2.39. The normalized spacial score (nSPS) is 15.7. The van der Waals surface area contributed by atoms with Gasteiger partial charge in [-0.3, -0.25) is 0 Å². The summed E-state index contributed by atoms with van der Waals surface area (Å²) in [6.45, 7) is 8.18. The van der Waals surface area contributed by atoms with Crippen molar-refractivity contribution in [2.24, 2.45) is 0 Å². The maximum absolute atomic E-state index is 12.3. The lowest BCUT2D eigenvalue weighted by atomic mass is 10.2. The summed E-state index contributed by atoms with van der Waals surface area (Å²) in [6, 6.07) is 3.88. The average molecular weight is 233 g/mol.